The molecule has 2 aliphatic heterocycles. The lowest BCUT2D eigenvalue weighted by Gasteiger charge is -2.21. The third kappa shape index (κ3) is 2.90. The van der Waals surface area contributed by atoms with E-state index in [1.54, 1.807) is 12.1 Å². The van der Waals surface area contributed by atoms with Gasteiger partial charge in [0.1, 0.15) is 11.5 Å². The number of fused-ring (bicyclic) bond motifs is 2. The Kier molecular flexibility index (Phi) is 4.24. The number of carbonyl (C=O) groups is 2. The van der Waals surface area contributed by atoms with Crippen LogP contribution in [0.25, 0.3) is 0 Å². The van der Waals surface area contributed by atoms with Crippen molar-refractivity contribution in [3.63, 3.8) is 0 Å². The van der Waals surface area contributed by atoms with E-state index < -0.39 is 6.04 Å². The molecule has 0 saturated heterocycles. The number of hydrogen-bond acceptors (Lipinski definition) is 3. The fraction of sp³-hybridized carbons (Fsp3) is 0.174. The van der Waals surface area contributed by atoms with Crippen molar-refractivity contribution in [2.45, 2.75) is 19.4 Å². The Balaban J connectivity index is 1.51. The molecule has 2 N–H and O–H groups in total. The summed E-state index contributed by atoms with van der Waals surface area (Å²) in [6.45, 7) is 2.44. The normalized spacial score (nSPS) is 16.8. The zero-order valence-corrected chi connectivity index (χ0v) is 16.3. The number of halogens is 1. The van der Waals surface area contributed by atoms with Crippen LogP contribution in [-0.4, -0.2) is 23.5 Å². The van der Waals surface area contributed by atoms with Crippen molar-refractivity contribution >= 4 is 23.3 Å². The van der Waals surface area contributed by atoms with Gasteiger partial charge in [0, 0.05) is 18.3 Å². The predicted molar refractivity (Wildman–Crippen MR) is 111 cm³/mol. The van der Waals surface area contributed by atoms with E-state index in [0.29, 0.717) is 35.6 Å². The molecule has 0 aliphatic carbocycles. The number of anilines is 2. The molecule has 3 aromatic rings. The molecule has 0 spiro atoms. The number of urea groups is 1. The Bertz CT molecular complexity index is 1190. The number of amides is 3. The summed E-state index contributed by atoms with van der Waals surface area (Å²) in [7, 11) is 0. The van der Waals surface area contributed by atoms with Crippen LogP contribution in [0.4, 0.5) is 20.6 Å². The highest BCUT2D eigenvalue weighted by atomic mass is 19.1. The van der Waals surface area contributed by atoms with Gasteiger partial charge in [0.2, 0.25) is 0 Å². The summed E-state index contributed by atoms with van der Waals surface area (Å²) >= 11 is 0. The van der Waals surface area contributed by atoms with Crippen molar-refractivity contribution in [2.75, 3.05) is 16.8 Å². The van der Waals surface area contributed by atoms with E-state index in [9.17, 15) is 14.0 Å². The monoisotopic (exact) mass is 402 g/mol. The first-order chi connectivity index (χ1) is 14.5. The fourth-order valence-electron chi connectivity index (χ4n) is 4.22. The topological polar surface area (TPSA) is 74.3 Å². The van der Waals surface area contributed by atoms with Gasteiger partial charge in [0.25, 0.3) is 5.91 Å². The second-order valence-electron chi connectivity index (χ2n) is 7.49. The van der Waals surface area contributed by atoms with Crippen LogP contribution in [0.5, 0.6) is 0 Å². The zero-order valence-electron chi connectivity index (χ0n) is 16.3. The average Bonchev–Trinajstić information content (AvgIpc) is 3.30. The minimum atomic E-state index is -0.402. The van der Waals surface area contributed by atoms with Crippen molar-refractivity contribution in [2.24, 2.45) is 0 Å². The van der Waals surface area contributed by atoms with Gasteiger partial charge in [-0.05, 0) is 48.2 Å². The molecule has 1 atom stereocenters. The Morgan fingerprint density at radius 1 is 1.23 bits per heavy atom. The van der Waals surface area contributed by atoms with Crippen LogP contribution in [0.2, 0.25) is 0 Å². The van der Waals surface area contributed by atoms with E-state index in [1.807, 2.05) is 31.2 Å². The number of pyridine rings is 1. The Hall–Kier alpha value is -3.74. The molecule has 5 rings (SSSR count). The molecule has 6 nitrogen and oxygen atoms in total. The van der Waals surface area contributed by atoms with Crippen LogP contribution >= 0.6 is 0 Å². The minimum absolute atomic E-state index is 0.275. The first-order valence-electron chi connectivity index (χ1n) is 9.75. The summed E-state index contributed by atoms with van der Waals surface area (Å²) in [5.41, 5.74) is 4.94. The molecule has 0 unspecified atom stereocenters. The van der Waals surface area contributed by atoms with Gasteiger partial charge in [-0.2, -0.15) is 0 Å². The summed E-state index contributed by atoms with van der Waals surface area (Å²) < 4.78 is 13.7. The molecule has 150 valence electrons. The molecule has 0 radical (unpaired) electrons. The molecule has 7 heteroatoms. The number of aromatic nitrogens is 1. The molecule has 1 aromatic heterocycles. The summed E-state index contributed by atoms with van der Waals surface area (Å²) in [4.78, 5) is 31.3. The predicted octanol–water partition coefficient (Wildman–Crippen LogP) is 3.96. The van der Waals surface area contributed by atoms with Crippen molar-refractivity contribution < 1.29 is 14.0 Å². The van der Waals surface area contributed by atoms with E-state index in [4.69, 9.17) is 0 Å². The van der Waals surface area contributed by atoms with Gasteiger partial charge in [0.05, 0.1) is 17.4 Å². The summed E-state index contributed by atoms with van der Waals surface area (Å²) in [6.07, 6.45) is 2.18. The van der Waals surface area contributed by atoms with Gasteiger partial charge in [-0.3, -0.25) is 14.7 Å². The second-order valence-corrected chi connectivity index (χ2v) is 7.49. The van der Waals surface area contributed by atoms with E-state index in [0.717, 1.165) is 16.7 Å². The third-order valence-corrected chi connectivity index (χ3v) is 5.70. The van der Waals surface area contributed by atoms with Gasteiger partial charge < -0.3 is 10.6 Å². The lowest BCUT2D eigenvalue weighted by molar-refractivity contribution is 0.0956. The molecule has 2 aromatic carbocycles. The van der Waals surface area contributed by atoms with Crippen LogP contribution in [0.3, 0.4) is 0 Å². The zero-order chi connectivity index (χ0) is 20.8. The third-order valence-electron chi connectivity index (χ3n) is 5.70. The van der Waals surface area contributed by atoms with Gasteiger partial charge in [0.15, 0.2) is 0 Å². The highest BCUT2D eigenvalue weighted by molar-refractivity contribution is 6.06. The summed E-state index contributed by atoms with van der Waals surface area (Å²) in [6, 6.07) is 13.2. The Morgan fingerprint density at radius 2 is 2.07 bits per heavy atom. The maximum Gasteiger partial charge on any atom is 0.326 e. The smallest absolute Gasteiger partial charge is 0.326 e. The van der Waals surface area contributed by atoms with Crippen LogP contribution < -0.4 is 15.5 Å². The number of nitrogens with zero attached hydrogens (tertiary/aromatic N) is 2. The number of aryl methyl sites for hydroxylation is 1. The first-order valence-corrected chi connectivity index (χ1v) is 9.75. The molecule has 0 saturated carbocycles. The molecule has 0 bridgehead atoms. The number of carbonyl (C=O) groups excluding carboxylic acids is 2. The number of hydrogen-bond donors (Lipinski definition) is 2. The highest BCUT2D eigenvalue weighted by Gasteiger charge is 2.35. The molecule has 30 heavy (non-hydrogen) atoms. The molecule has 0 fully saturated rings. The van der Waals surface area contributed by atoms with Crippen LogP contribution in [-0.2, 0) is 6.42 Å². The quantitative estimate of drug-likeness (QED) is 0.682. The lowest BCUT2D eigenvalue weighted by Crippen LogP contribution is -2.34. The Labute approximate surface area is 172 Å². The molecule has 3 amide bonds. The van der Waals surface area contributed by atoms with Crippen LogP contribution in [0.1, 0.15) is 38.8 Å². The van der Waals surface area contributed by atoms with Crippen molar-refractivity contribution in [1.29, 1.82) is 0 Å². The SMILES string of the molecule is Cc1ccccc1[C@@H]1NC(=O)c2nccc(NC(=O)N3CCc4ccc(F)cc43)c21. The van der Waals surface area contributed by atoms with E-state index in [-0.39, 0.29) is 17.8 Å². The molecular formula is C23H19FN4O2. The summed E-state index contributed by atoms with van der Waals surface area (Å²) in [5, 5.41) is 5.88. The van der Waals surface area contributed by atoms with Crippen LogP contribution in [0, 0.1) is 12.7 Å². The van der Waals surface area contributed by atoms with E-state index in [2.05, 4.69) is 15.6 Å². The fourth-order valence-corrected chi connectivity index (χ4v) is 4.22. The number of nitrogens with one attached hydrogen (secondary N) is 2. The number of rotatable bonds is 2. The second kappa shape index (κ2) is 6.95. The summed E-state index contributed by atoms with van der Waals surface area (Å²) in [5.74, 6) is -0.657. The van der Waals surface area contributed by atoms with Gasteiger partial charge in [-0.25, -0.2) is 9.18 Å². The van der Waals surface area contributed by atoms with Gasteiger partial charge in [-0.15, -0.1) is 0 Å². The minimum Gasteiger partial charge on any atom is -0.340 e. The van der Waals surface area contributed by atoms with Gasteiger partial charge >= 0.3 is 6.03 Å². The van der Waals surface area contributed by atoms with Gasteiger partial charge in [-0.1, -0.05) is 30.3 Å². The standard InChI is InChI=1S/C23H19FN4O2/c1-13-4-2-3-5-16(13)20-19-17(8-10-25-21(19)22(29)27-20)26-23(30)28-11-9-14-6-7-15(24)12-18(14)28/h2-8,10,12,20H,9,11H2,1H3,(H,27,29)(H,25,26,30)/t20-/m0/s1. The lowest BCUT2D eigenvalue weighted by atomic mass is 9.95. The maximum absolute atomic E-state index is 13.7. The molecular weight excluding hydrogens is 383 g/mol. The largest absolute Gasteiger partial charge is 0.340 e. The highest BCUT2D eigenvalue weighted by Crippen LogP contribution is 2.37. The van der Waals surface area contributed by atoms with Crippen molar-refractivity contribution in [3.8, 4) is 0 Å². The Morgan fingerprint density at radius 3 is 2.90 bits per heavy atom. The van der Waals surface area contributed by atoms with E-state index in [1.165, 1.54) is 23.2 Å². The van der Waals surface area contributed by atoms with Crippen molar-refractivity contribution in [1.82, 2.24) is 10.3 Å². The van der Waals surface area contributed by atoms with Crippen LogP contribution in [0.15, 0.2) is 54.7 Å². The van der Waals surface area contributed by atoms with Crippen molar-refractivity contribution in [3.05, 3.63) is 88.5 Å². The maximum atomic E-state index is 13.7. The first kappa shape index (κ1) is 18.3. The van der Waals surface area contributed by atoms with E-state index >= 15 is 0 Å². The molecule has 3 heterocycles. The number of benzene rings is 2. The molecule has 2 aliphatic rings. The average molecular weight is 402 g/mol.